The Morgan fingerprint density at radius 1 is 1.29 bits per heavy atom. The molecule has 0 bridgehead atoms. The monoisotopic (exact) mass is 199 g/mol. The van der Waals surface area contributed by atoms with Crippen molar-refractivity contribution >= 4 is 0 Å². The highest BCUT2D eigenvalue weighted by atomic mass is 15.1. The van der Waals surface area contributed by atoms with Gasteiger partial charge in [0.25, 0.3) is 0 Å². The first-order valence-corrected chi connectivity index (χ1v) is 5.75. The van der Waals surface area contributed by atoms with Crippen LogP contribution in [0.1, 0.15) is 19.3 Å². The number of likely N-dealkylation sites (tertiary alicyclic amines) is 1. The Morgan fingerprint density at radius 3 is 2.50 bits per heavy atom. The molecule has 0 amide bonds. The fourth-order valence-electron chi connectivity index (χ4n) is 1.91. The second-order valence-corrected chi connectivity index (χ2v) is 4.69. The van der Waals surface area contributed by atoms with Crippen molar-refractivity contribution in [1.29, 1.82) is 0 Å². The molecule has 1 aliphatic heterocycles. The first-order valence-electron chi connectivity index (χ1n) is 5.75. The first-order chi connectivity index (χ1) is 6.68. The molecule has 0 aliphatic carbocycles. The molecule has 1 rings (SSSR count). The molecule has 0 atom stereocenters. The number of hydrogen-bond acceptors (Lipinski definition) is 3. The zero-order chi connectivity index (χ0) is 10.4. The van der Waals surface area contributed by atoms with Crippen LogP contribution in [-0.2, 0) is 0 Å². The Hall–Kier alpha value is -0.120. The standard InChI is InChI=1S/C11H25N3/c1-13(2)8-4-7-12-11-5-9-14(3)10-6-11/h11-12H,4-10H2,1-3H3. The molecular weight excluding hydrogens is 174 g/mol. The Balaban J connectivity index is 1.96. The SMILES string of the molecule is CN(C)CCCNC1CCN(C)CC1. The van der Waals surface area contributed by atoms with Gasteiger partial charge in [0.15, 0.2) is 0 Å². The molecule has 0 unspecified atom stereocenters. The molecule has 1 heterocycles. The average Bonchev–Trinajstić information content (AvgIpc) is 2.15. The molecule has 0 aromatic heterocycles. The van der Waals surface area contributed by atoms with E-state index < -0.39 is 0 Å². The minimum absolute atomic E-state index is 0.772. The summed E-state index contributed by atoms with van der Waals surface area (Å²) in [6.07, 6.45) is 3.90. The molecule has 3 heteroatoms. The summed E-state index contributed by atoms with van der Waals surface area (Å²) in [5, 5.41) is 3.64. The van der Waals surface area contributed by atoms with Gasteiger partial charge in [0.1, 0.15) is 0 Å². The van der Waals surface area contributed by atoms with E-state index in [1.807, 2.05) is 0 Å². The second-order valence-electron chi connectivity index (χ2n) is 4.69. The van der Waals surface area contributed by atoms with Crippen LogP contribution in [0.15, 0.2) is 0 Å². The van der Waals surface area contributed by atoms with Gasteiger partial charge < -0.3 is 15.1 Å². The highest BCUT2D eigenvalue weighted by molar-refractivity contribution is 4.75. The summed E-state index contributed by atoms with van der Waals surface area (Å²) in [6, 6.07) is 0.772. The summed E-state index contributed by atoms with van der Waals surface area (Å²) in [5.74, 6) is 0. The lowest BCUT2D eigenvalue weighted by Gasteiger charge is -2.29. The molecule has 0 saturated carbocycles. The fourth-order valence-corrected chi connectivity index (χ4v) is 1.91. The lowest BCUT2D eigenvalue weighted by molar-refractivity contribution is 0.233. The van der Waals surface area contributed by atoms with E-state index in [4.69, 9.17) is 0 Å². The van der Waals surface area contributed by atoms with E-state index in [1.54, 1.807) is 0 Å². The summed E-state index contributed by atoms with van der Waals surface area (Å²) < 4.78 is 0. The molecule has 1 N–H and O–H groups in total. The predicted molar refractivity (Wildman–Crippen MR) is 61.7 cm³/mol. The molecular formula is C11H25N3. The zero-order valence-electron chi connectivity index (χ0n) is 9.92. The van der Waals surface area contributed by atoms with Crippen LogP contribution < -0.4 is 5.32 Å². The van der Waals surface area contributed by atoms with Crippen molar-refractivity contribution in [2.45, 2.75) is 25.3 Å². The van der Waals surface area contributed by atoms with Crippen molar-refractivity contribution in [3.63, 3.8) is 0 Å². The van der Waals surface area contributed by atoms with Crippen LogP contribution in [0.4, 0.5) is 0 Å². The van der Waals surface area contributed by atoms with Crippen LogP contribution in [0, 0.1) is 0 Å². The summed E-state index contributed by atoms with van der Waals surface area (Å²) in [5.41, 5.74) is 0. The topological polar surface area (TPSA) is 18.5 Å². The van der Waals surface area contributed by atoms with E-state index >= 15 is 0 Å². The largest absolute Gasteiger partial charge is 0.314 e. The van der Waals surface area contributed by atoms with Crippen LogP contribution in [-0.4, -0.2) is 63.2 Å². The van der Waals surface area contributed by atoms with E-state index in [2.05, 4.69) is 36.3 Å². The van der Waals surface area contributed by atoms with Crippen molar-refractivity contribution in [3.8, 4) is 0 Å². The third-order valence-corrected chi connectivity index (χ3v) is 2.93. The Kier molecular flexibility index (Phi) is 5.45. The van der Waals surface area contributed by atoms with E-state index in [9.17, 15) is 0 Å². The maximum Gasteiger partial charge on any atom is 0.00914 e. The summed E-state index contributed by atoms with van der Waals surface area (Å²) >= 11 is 0. The quantitative estimate of drug-likeness (QED) is 0.655. The number of rotatable bonds is 5. The molecule has 3 nitrogen and oxygen atoms in total. The molecule has 0 spiro atoms. The van der Waals surface area contributed by atoms with Crippen molar-refractivity contribution in [2.75, 3.05) is 47.3 Å². The molecule has 84 valence electrons. The van der Waals surface area contributed by atoms with Gasteiger partial charge in [-0.2, -0.15) is 0 Å². The smallest absolute Gasteiger partial charge is 0.00914 e. The maximum absolute atomic E-state index is 3.64. The molecule has 0 aromatic rings. The van der Waals surface area contributed by atoms with E-state index in [0.717, 1.165) is 6.04 Å². The normalized spacial score (nSPS) is 20.6. The summed E-state index contributed by atoms with van der Waals surface area (Å²) in [4.78, 5) is 4.66. The van der Waals surface area contributed by atoms with Crippen molar-refractivity contribution < 1.29 is 0 Å². The lowest BCUT2D eigenvalue weighted by Crippen LogP contribution is -2.41. The van der Waals surface area contributed by atoms with Crippen LogP contribution in [0.3, 0.4) is 0 Å². The molecule has 1 fully saturated rings. The molecule has 0 aromatic carbocycles. The van der Waals surface area contributed by atoms with Gasteiger partial charge in [0, 0.05) is 6.04 Å². The van der Waals surface area contributed by atoms with Crippen LogP contribution in [0.2, 0.25) is 0 Å². The van der Waals surface area contributed by atoms with Crippen molar-refractivity contribution in [1.82, 2.24) is 15.1 Å². The predicted octanol–water partition coefficient (Wildman–Crippen LogP) is 0.622. The number of hydrogen-bond donors (Lipinski definition) is 1. The van der Waals surface area contributed by atoms with Crippen LogP contribution in [0.5, 0.6) is 0 Å². The molecule has 14 heavy (non-hydrogen) atoms. The number of nitrogens with zero attached hydrogens (tertiary/aromatic N) is 2. The third kappa shape index (κ3) is 4.94. The molecule has 1 aliphatic rings. The average molecular weight is 199 g/mol. The number of piperidine rings is 1. The Morgan fingerprint density at radius 2 is 1.93 bits per heavy atom. The van der Waals surface area contributed by atoms with Gasteiger partial charge in [-0.05, 0) is 66.6 Å². The van der Waals surface area contributed by atoms with E-state index in [-0.39, 0.29) is 0 Å². The second kappa shape index (κ2) is 6.38. The third-order valence-electron chi connectivity index (χ3n) is 2.93. The minimum Gasteiger partial charge on any atom is -0.314 e. The van der Waals surface area contributed by atoms with Gasteiger partial charge in [-0.15, -0.1) is 0 Å². The van der Waals surface area contributed by atoms with Gasteiger partial charge in [-0.3, -0.25) is 0 Å². The van der Waals surface area contributed by atoms with Gasteiger partial charge in [-0.1, -0.05) is 0 Å². The number of nitrogens with one attached hydrogen (secondary N) is 1. The van der Waals surface area contributed by atoms with Crippen LogP contribution in [0.25, 0.3) is 0 Å². The van der Waals surface area contributed by atoms with Crippen molar-refractivity contribution in [3.05, 3.63) is 0 Å². The first kappa shape index (κ1) is 12.0. The highest BCUT2D eigenvalue weighted by Gasteiger charge is 2.15. The van der Waals surface area contributed by atoms with Gasteiger partial charge in [-0.25, -0.2) is 0 Å². The van der Waals surface area contributed by atoms with E-state index in [0.29, 0.717) is 0 Å². The van der Waals surface area contributed by atoms with Crippen molar-refractivity contribution in [2.24, 2.45) is 0 Å². The Bertz CT molecular complexity index is 139. The highest BCUT2D eigenvalue weighted by Crippen LogP contribution is 2.07. The molecule has 1 saturated heterocycles. The fraction of sp³-hybridized carbons (Fsp3) is 1.00. The Labute approximate surface area is 88.5 Å². The van der Waals surface area contributed by atoms with Gasteiger partial charge in [0.2, 0.25) is 0 Å². The maximum atomic E-state index is 3.64. The summed E-state index contributed by atoms with van der Waals surface area (Å²) in [6.45, 7) is 4.88. The lowest BCUT2D eigenvalue weighted by atomic mass is 10.1. The van der Waals surface area contributed by atoms with Crippen LogP contribution >= 0.6 is 0 Å². The van der Waals surface area contributed by atoms with Gasteiger partial charge >= 0.3 is 0 Å². The zero-order valence-corrected chi connectivity index (χ0v) is 9.92. The minimum atomic E-state index is 0.772. The molecule has 0 radical (unpaired) electrons. The summed E-state index contributed by atoms with van der Waals surface area (Å²) in [7, 11) is 6.48. The van der Waals surface area contributed by atoms with E-state index in [1.165, 1.54) is 45.4 Å². The van der Waals surface area contributed by atoms with Gasteiger partial charge in [0.05, 0.1) is 0 Å².